The van der Waals surface area contributed by atoms with Crippen LogP contribution in [0.3, 0.4) is 0 Å². The first-order valence-electron chi connectivity index (χ1n) is 9.36. The van der Waals surface area contributed by atoms with Crippen LogP contribution in [0, 0.1) is 17.0 Å². The number of aromatic nitrogens is 3. The maximum absolute atomic E-state index is 14.6. The SMILES string of the molecule is CC(=N)c1c(N)ncnc1NCc1cc2cccc(F)c2c(=O)n1-c1ccccc1F. The molecule has 4 rings (SSSR count). The standard InChI is InChI=1S/C22H18F2N6O/c1-12(25)18-20(26)28-11-29-21(18)27-10-14-9-13-5-4-7-16(24)19(13)22(31)30(14)17-8-3-2-6-15(17)23/h2-9,11,25H,10H2,1H3,(H3,26,27,28,29). The highest BCUT2D eigenvalue weighted by Gasteiger charge is 2.17. The van der Waals surface area contributed by atoms with Crippen molar-refractivity contribution in [3.05, 3.63) is 88.1 Å². The van der Waals surface area contributed by atoms with Crippen molar-refractivity contribution >= 4 is 28.1 Å². The molecule has 4 N–H and O–H groups in total. The van der Waals surface area contributed by atoms with E-state index >= 15 is 0 Å². The van der Waals surface area contributed by atoms with Crippen LogP contribution in [0.25, 0.3) is 16.5 Å². The number of nitrogens with zero attached hydrogens (tertiary/aromatic N) is 3. The number of para-hydroxylation sites is 1. The number of pyridine rings is 1. The van der Waals surface area contributed by atoms with E-state index in [1.54, 1.807) is 25.1 Å². The van der Waals surface area contributed by atoms with Crippen molar-refractivity contribution in [3.63, 3.8) is 0 Å². The van der Waals surface area contributed by atoms with Gasteiger partial charge >= 0.3 is 0 Å². The molecule has 0 bridgehead atoms. The predicted octanol–water partition coefficient (Wildman–Crippen LogP) is 3.64. The average Bonchev–Trinajstić information content (AvgIpc) is 2.73. The molecule has 4 aromatic rings. The smallest absolute Gasteiger partial charge is 0.266 e. The molecule has 0 spiro atoms. The summed E-state index contributed by atoms with van der Waals surface area (Å²) < 4.78 is 30.2. The maximum Gasteiger partial charge on any atom is 0.266 e. The van der Waals surface area contributed by atoms with Crippen LogP contribution in [0.1, 0.15) is 18.2 Å². The van der Waals surface area contributed by atoms with Gasteiger partial charge in [-0.15, -0.1) is 0 Å². The Balaban J connectivity index is 1.90. The van der Waals surface area contributed by atoms with E-state index < -0.39 is 17.2 Å². The van der Waals surface area contributed by atoms with Crippen molar-refractivity contribution in [2.24, 2.45) is 0 Å². The van der Waals surface area contributed by atoms with E-state index in [4.69, 9.17) is 11.1 Å². The van der Waals surface area contributed by atoms with E-state index in [-0.39, 0.29) is 29.1 Å². The lowest BCUT2D eigenvalue weighted by molar-refractivity contribution is 0.612. The minimum atomic E-state index is -0.683. The van der Waals surface area contributed by atoms with Gasteiger partial charge in [-0.2, -0.15) is 0 Å². The van der Waals surface area contributed by atoms with Crippen molar-refractivity contribution in [2.45, 2.75) is 13.5 Å². The van der Waals surface area contributed by atoms with Crippen molar-refractivity contribution < 1.29 is 8.78 Å². The predicted molar refractivity (Wildman–Crippen MR) is 116 cm³/mol. The van der Waals surface area contributed by atoms with E-state index in [1.165, 1.54) is 36.7 Å². The van der Waals surface area contributed by atoms with Crippen LogP contribution in [0.15, 0.2) is 59.7 Å². The molecular formula is C22H18F2N6O. The molecule has 2 heterocycles. The summed E-state index contributed by atoms with van der Waals surface area (Å²) in [6.07, 6.45) is 1.25. The van der Waals surface area contributed by atoms with Gasteiger partial charge in [0, 0.05) is 11.4 Å². The maximum atomic E-state index is 14.6. The number of nitrogens with two attached hydrogens (primary N) is 1. The minimum Gasteiger partial charge on any atom is -0.383 e. The molecule has 0 aliphatic heterocycles. The number of fused-ring (bicyclic) bond motifs is 1. The Morgan fingerprint density at radius 3 is 2.61 bits per heavy atom. The molecular weight excluding hydrogens is 402 g/mol. The number of halogens is 2. The van der Waals surface area contributed by atoms with E-state index in [2.05, 4.69) is 15.3 Å². The summed E-state index contributed by atoms with van der Waals surface area (Å²) in [5.74, 6) is -0.870. The van der Waals surface area contributed by atoms with E-state index in [1.807, 2.05) is 0 Å². The normalized spacial score (nSPS) is 10.9. The fourth-order valence-corrected chi connectivity index (χ4v) is 3.48. The molecule has 0 saturated heterocycles. The molecule has 2 aromatic carbocycles. The third kappa shape index (κ3) is 3.61. The first kappa shape index (κ1) is 20.1. The monoisotopic (exact) mass is 420 g/mol. The largest absolute Gasteiger partial charge is 0.383 e. The lowest BCUT2D eigenvalue weighted by atomic mass is 10.1. The lowest BCUT2D eigenvalue weighted by Gasteiger charge is -2.17. The summed E-state index contributed by atoms with van der Waals surface area (Å²) in [7, 11) is 0. The zero-order valence-electron chi connectivity index (χ0n) is 16.5. The molecule has 2 aromatic heterocycles. The van der Waals surface area contributed by atoms with E-state index in [9.17, 15) is 13.6 Å². The second-order valence-electron chi connectivity index (χ2n) is 6.89. The van der Waals surface area contributed by atoms with Crippen LogP contribution in [0.4, 0.5) is 20.4 Å². The van der Waals surface area contributed by atoms with Crippen molar-refractivity contribution in [1.82, 2.24) is 14.5 Å². The number of anilines is 2. The fraction of sp³-hybridized carbons (Fsp3) is 0.0909. The van der Waals surface area contributed by atoms with Crippen LogP contribution in [-0.2, 0) is 6.54 Å². The molecule has 0 saturated carbocycles. The second kappa shape index (κ2) is 7.94. The van der Waals surface area contributed by atoms with Gasteiger partial charge < -0.3 is 16.5 Å². The number of nitrogens with one attached hydrogen (secondary N) is 2. The number of hydrogen-bond donors (Lipinski definition) is 3. The first-order chi connectivity index (χ1) is 14.9. The highest BCUT2D eigenvalue weighted by atomic mass is 19.1. The Hall–Kier alpha value is -4.14. The van der Waals surface area contributed by atoms with Gasteiger partial charge in [0.15, 0.2) is 0 Å². The average molecular weight is 420 g/mol. The summed E-state index contributed by atoms with van der Waals surface area (Å²) in [4.78, 5) is 21.2. The molecule has 156 valence electrons. The Morgan fingerprint density at radius 2 is 1.87 bits per heavy atom. The molecule has 0 radical (unpaired) electrons. The Kier molecular flexibility index (Phi) is 5.16. The molecule has 0 fully saturated rings. The van der Waals surface area contributed by atoms with Crippen LogP contribution in [-0.4, -0.2) is 20.2 Å². The molecule has 0 aliphatic carbocycles. The Morgan fingerprint density at radius 1 is 1.13 bits per heavy atom. The van der Waals surface area contributed by atoms with Gasteiger partial charge in [0.25, 0.3) is 5.56 Å². The number of hydrogen-bond acceptors (Lipinski definition) is 6. The summed E-state index contributed by atoms with van der Waals surface area (Å²) >= 11 is 0. The number of nitrogen functional groups attached to an aromatic ring is 1. The van der Waals surface area contributed by atoms with Crippen molar-refractivity contribution in [3.8, 4) is 5.69 Å². The highest BCUT2D eigenvalue weighted by molar-refractivity contribution is 6.04. The van der Waals surface area contributed by atoms with Crippen LogP contribution < -0.4 is 16.6 Å². The third-order valence-corrected chi connectivity index (χ3v) is 4.85. The molecule has 0 amide bonds. The van der Waals surface area contributed by atoms with Crippen molar-refractivity contribution in [2.75, 3.05) is 11.1 Å². The molecule has 0 unspecified atom stereocenters. The van der Waals surface area contributed by atoms with Gasteiger partial charge in [0.2, 0.25) is 0 Å². The van der Waals surface area contributed by atoms with Gasteiger partial charge in [-0.1, -0.05) is 24.3 Å². The van der Waals surface area contributed by atoms with Gasteiger partial charge in [0.1, 0.15) is 29.6 Å². The highest BCUT2D eigenvalue weighted by Crippen LogP contribution is 2.22. The Labute approximate surface area is 175 Å². The summed E-state index contributed by atoms with van der Waals surface area (Å²) in [6.45, 7) is 1.58. The molecule has 9 heteroatoms. The topological polar surface area (TPSA) is 110 Å². The summed E-state index contributed by atoms with van der Waals surface area (Å²) in [5, 5.41) is 11.2. The third-order valence-electron chi connectivity index (χ3n) is 4.85. The summed E-state index contributed by atoms with van der Waals surface area (Å²) in [5.41, 5.74) is 6.05. The quantitative estimate of drug-likeness (QED) is 0.427. The van der Waals surface area contributed by atoms with Gasteiger partial charge in [0.05, 0.1) is 23.2 Å². The Bertz CT molecular complexity index is 1380. The summed E-state index contributed by atoms with van der Waals surface area (Å²) in [6, 6.07) is 11.7. The molecule has 7 nitrogen and oxygen atoms in total. The number of rotatable bonds is 5. The fourth-order valence-electron chi connectivity index (χ4n) is 3.48. The molecule has 0 atom stereocenters. The van der Waals surface area contributed by atoms with Gasteiger partial charge in [-0.05, 0) is 36.6 Å². The zero-order valence-corrected chi connectivity index (χ0v) is 16.5. The zero-order chi connectivity index (χ0) is 22.1. The van der Waals surface area contributed by atoms with Crippen LogP contribution in [0.2, 0.25) is 0 Å². The van der Waals surface area contributed by atoms with Crippen LogP contribution >= 0.6 is 0 Å². The van der Waals surface area contributed by atoms with Gasteiger partial charge in [-0.3, -0.25) is 9.36 Å². The van der Waals surface area contributed by atoms with Crippen molar-refractivity contribution in [1.29, 1.82) is 5.41 Å². The molecule has 31 heavy (non-hydrogen) atoms. The lowest BCUT2D eigenvalue weighted by Crippen LogP contribution is -2.25. The van der Waals surface area contributed by atoms with E-state index in [0.29, 0.717) is 22.5 Å². The van der Waals surface area contributed by atoms with Crippen LogP contribution in [0.5, 0.6) is 0 Å². The first-order valence-corrected chi connectivity index (χ1v) is 9.36. The van der Waals surface area contributed by atoms with Gasteiger partial charge in [-0.25, -0.2) is 18.7 Å². The van der Waals surface area contributed by atoms with E-state index in [0.717, 1.165) is 4.57 Å². The molecule has 0 aliphatic rings. The minimum absolute atomic E-state index is 0.000104. The number of benzene rings is 2. The second-order valence-corrected chi connectivity index (χ2v) is 6.89.